The van der Waals surface area contributed by atoms with Crippen molar-refractivity contribution in [3.8, 4) is 0 Å². The Bertz CT molecular complexity index is 552. The molecule has 1 aliphatic heterocycles. The monoisotopic (exact) mass is 277 g/mol. The van der Waals surface area contributed by atoms with Gasteiger partial charge in [-0.3, -0.25) is 0 Å². The van der Waals surface area contributed by atoms with E-state index in [-0.39, 0.29) is 9.26 Å². The van der Waals surface area contributed by atoms with E-state index in [1.54, 1.807) is 24.3 Å². The molecular formula is C10H9Cl2NO2S. The van der Waals surface area contributed by atoms with Gasteiger partial charge in [-0.1, -0.05) is 29.8 Å². The number of halogens is 2. The molecule has 0 spiro atoms. The Morgan fingerprint density at radius 3 is 2.62 bits per heavy atom. The van der Waals surface area contributed by atoms with Crippen molar-refractivity contribution in [3.05, 3.63) is 34.2 Å². The van der Waals surface area contributed by atoms with Crippen LogP contribution in [0.2, 0.25) is 0 Å². The van der Waals surface area contributed by atoms with Gasteiger partial charge in [0.25, 0.3) is 0 Å². The number of hydrogen-bond acceptors (Lipinski definition) is 3. The highest BCUT2D eigenvalue weighted by molar-refractivity contribution is 7.97. The lowest BCUT2D eigenvalue weighted by atomic mass is 10.2. The van der Waals surface area contributed by atoms with Crippen molar-refractivity contribution in [2.24, 2.45) is 0 Å². The standard InChI is InChI=1S/C10H9Cl2NO2S/c11-5-6-13-9-7-3-1-2-4-8(7)16(14,15)10(9)12/h1-4,13H,5-6H2. The van der Waals surface area contributed by atoms with Crippen LogP contribution in [0, 0.1) is 0 Å². The van der Waals surface area contributed by atoms with Crippen LogP contribution in [0.15, 0.2) is 33.5 Å². The number of sulfone groups is 1. The Morgan fingerprint density at radius 1 is 1.25 bits per heavy atom. The zero-order valence-corrected chi connectivity index (χ0v) is 10.5. The summed E-state index contributed by atoms with van der Waals surface area (Å²) in [7, 11) is -3.52. The fraction of sp³-hybridized carbons (Fsp3) is 0.200. The van der Waals surface area contributed by atoms with E-state index in [1.165, 1.54) is 0 Å². The smallest absolute Gasteiger partial charge is 0.220 e. The average molecular weight is 278 g/mol. The molecule has 1 aromatic rings. The highest BCUT2D eigenvalue weighted by atomic mass is 35.5. The van der Waals surface area contributed by atoms with Gasteiger partial charge in [-0.15, -0.1) is 11.6 Å². The second kappa shape index (κ2) is 4.28. The van der Waals surface area contributed by atoms with E-state index in [2.05, 4.69) is 5.32 Å². The molecule has 1 aromatic carbocycles. The fourth-order valence-electron chi connectivity index (χ4n) is 1.58. The maximum absolute atomic E-state index is 11.9. The van der Waals surface area contributed by atoms with Crippen LogP contribution in [0.3, 0.4) is 0 Å². The van der Waals surface area contributed by atoms with Crippen LogP contribution < -0.4 is 5.32 Å². The Morgan fingerprint density at radius 2 is 1.94 bits per heavy atom. The van der Waals surface area contributed by atoms with Crippen molar-refractivity contribution in [2.75, 3.05) is 12.4 Å². The predicted octanol–water partition coefficient (Wildman–Crippen LogP) is 2.17. The molecule has 0 aliphatic carbocycles. The summed E-state index contributed by atoms with van der Waals surface area (Å²) in [6.45, 7) is 0.469. The third-order valence-corrected chi connectivity index (χ3v) is 4.87. The zero-order valence-electron chi connectivity index (χ0n) is 8.20. The molecule has 0 aromatic heterocycles. The minimum atomic E-state index is -3.52. The van der Waals surface area contributed by atoms with E-state index < -0.39 is 9.84 Å². The van der Waals surface area contributed by atoms with Gasteiger partial charge in [-0.25, -0.2) is 8.42 Å². The molecule has 0 saturated carbocycles. The van der Waals surface area contributed by atoms with Crippen molar-refractivity contribution < 1.29 is 8.42 Å². The number of benzene rings is 1. The van der Waals surface area contributed by atoms with Gasteiger partial charge in [0.15, 0.2) is 4.36 Å². The average Bonchev–Trinajstić information content (AvgIpc) is 2.47. The van der Waals surface area contributed by atoms with Gasteiger partial charge < -0.3 is 5.32 Å². The largest absolute Gasteiger partial charge is 0.382 e. The first kappa shape index (κ1) is 11.8. The third kappa shape index (κ3) is 1.71. The Hall–Kier alpha value is -0.710. The van der Waals surface area contributed by atoms with Crippen molar-refractivity contribution in [1.82, 2.24) is 5.32 Å². The van der Waals surface area contributed by atoms with Crippen molar-refractivity contribution in [3.63, 3.8) is 0 Å². The molecule has 0 radical (unpaired) electrons. The highest BCUT2D eigenvalue weighted by Gasteiger charge is 2.34. The third-order valence-electron chi connectivity index (χ3n) is 2.27. The quantitative estimate of drug-likeness (QED) is 0.862. The van der Waals surface area contributed by atoms with Gasteiger partial charge in [0.1, 0.15) is 0 Å². The number of fused-ring (bicyclic) bond motifs is 1. The van der Waals surface area contributed by atoms with Crippen LogP contribution in [0.1, 0.15) is 5.56 Å². The molecule has 0 bridgehead atoms. The molecule has 0 saturated heterocycles. The molecule has 3 nitrogen and oxygen atoms in total. The van der Waals surface area contributed by atoms with Gasteiger partial charge in [-0.2, -0.15) is 0 Å². The van der Waals surface area contributed by atoms with E-state index in [4.69, 9.17) is 23.2 Å². The lowest BCUT2D eigenvalue weighted by Gasteiger charge is -2.05. The molecule has 86 valence electrons. The van der Waals surface area contributed by atoms with Gasteiger partial charge >= 0.3 is 0 Å². The van der Waals surface area contributed by atoms with Gasteiger partial charge in [0, 0.05) is 18.0 Å². The van der Waals surface area contributed by atoms with Crippen molar-refractivity contribution in [1.29, 1.82) is 0 Å². The van der Waals surface area contributed by atoms with Crippen LogP contribution in [0.4, 0.5) is 0 Å². The summed E-state index contributed by atoms with van der Waals surface area (Å²) in [6, 6.07) is 6.71. The summed E-state index contributed by atoms with van der Waals surface area (Å²) in [5, 5.41) is 2.93. The zero-order chi connectivity index (χ0) is 11.8. The van der Waals surface area contributed by atoms with Gasteiger partial charge in [0.2, 0.25) is 9.84 Å². The Kier molecular flexibility index (Phi) is 3.15. The topological polar surface area (TPSA) is 46.2 Å². The predicted molar refractivity (Wildman–Crippen MR) is 65.1 cm³/mol. The van der Waals surface area contributed by atoms with Crippen LogP contribution >= 0.6 is 23.2 Å². The summed E-state index contributed by atoms with van der Waals surface area (Å²) in [5.74, 6) is 0.385. The van der Waals surface area contributed by atoms with Crippen LogP contribution in [0.25, 0.3) is 5.70 Å². The van der Waals surface area contributed by atoms with E-state index in [1.807, 2.05) is 0 Å². The summed E-state index contributed by atoms with van der Waals surface area (Å²) < 4.78 is 23.6. The van der Waals surface area contributed by atoms with Gasteiger partial charge in [0.05, 0.1) is 10.6 Å². The van der Waals surface area contributed by atoms with Crippen molar-refractivity contribution in [2.45, 2.75) is 4.90 Å². The Labute approximate surface area is 104 Å². The molecule has 1 heterocycles. The number of rotatable bonds is 3. The van der Waals surface area contributed by atoms with E-state index >= 15 is 0 Å². The van der Waals surface area contributed by atoms with Gasteiger partial charge in [-0.05, 0) is 6.07 Å². The van der Waals surface area contributed by atoms with Crippen LogP contribution in [-0.4, -0.2) is 20.8 Å². The molecule has 6 heteroatoms. The summed E-state index contributed by atoms with van der Waals surface area (Å²) in [4.78, 5) is 0.247. The lowest BCUT2D eigenvalue weighted by molar-refractivity contribution is 0.605. The highest BCUT2D eigenvalue weighted by Crippen LogP contribution is 2.39. The molecular weight excluding hydrogens is 269 g/mol. The second-order valence-electron chi connectivity index (χ2n) is 3.26. The number of nitrogens with one attached hydrogen (secondary N) is 1. The van der Waals surface area contributed by atoms with E-state index in [0.29, 0.717) is 23.7 Å². The first-order valence-corrected chi connectivity index (χ1v) is 7.02. The number of hydrogen-bond donors (Lipinski definition) is 1. The maximum Gasteiger partial charge on any atom is 0.220 e. The summed E-state index contributed by atoms with van der Waals surface area (Å²) in [5.41, 5.74) is 1.05. The molecule has 2 rings (SSSR count). The first-order chi connectivity index (χ1) is 7.59. The minimum Gasteiger partial charge on any atom is -0.382 e. The molecule has 0 atom stereocenters. The van der Waals surface area contributed by atoms with E-state index in [9.17, 15) is 8.42 Å². The summed E-state index contributed by atoms with van der Waals surface area (Å²) >= 11 is 11.4. The van der Waals surface area contributed by atoms with Crippen LogP contribution in [0.5, 0.6) is 0 Å². The Balaban J connectivity index is 2.56. The molecule has 0 fully saturated rings. The fourth-order valence-corrected chi connectivity index (χ4v) is 3.45. The maximum atomic E-state index is 11.9. The second-order valence-corrected chi connectivity index (χ2v) is 6.10. The molecule has 0 unspecified atom stereocenters. The summed E-state index contributed by atoms with van der Waals surface area (Å²) in [6.07, 6.45) is 0. The molecule has 16 heavy (non-hydrogen) atoms. The van der Waals surface area contributed by atoms with E-state index in [0.717, 1.165) is 0 Å². The molecule has 1 aliphatic rings. The lowest BCUT2D eigenvalue weighted by Crippen LogP contribution is -2.14. The SMILES string of the molecule is O=S1(=O)C(Cl)=C(NCCCl)c2ccccc21. The minimum absolute atomic E-state index is 0.154. The van der Waals surface area contributed by atoms with Crippen LogP contribution in [-0.2, 0) is 9.84 Å². The molecule has 1 N–H and O–H groups in total. The van der Waals surface area contributed by atoms with Crippen molar-refractivity contribution >= 4 is 38.7 Å². The normalized spacial score (nSPS) is 17.4. The first-order valence-electron chi connectivity index (χ1n) is 4.63. The molecule has 0 amide bonds. The number of alkyl halides is 1.